The number of carbonyl (C=O) groups is 1. The van der Waals surface area contributed by atoms with Gasteiger partial charge >= 0.3 is 0 Å². The van der Waals surface area contributed by atoms with Crippen molar-refractivity contribution in [2.75, 3.05) is 18.0 Å². The lowest BCUT2D eigenvalue weighted by Gasteiger charge is -2.09. The first-order valence-electron chi connectivity index (χ1n) is 11.2. The van der Waals surface area contributed by atoms with Crippen molar-refractivity contribution in [1.29, 1.82) is 0 Å². The van der Waals surface area contributed by atoms with E-state index in [9.17, 15) is 4.79 Å². The van der Waals surface area contributed by atoms with Crippen LogP contribution in [0.15, 0.2) is 60.7 Å². The van der Waals surface area contributed by atoms with E-state index in [0.717, 1.165) is 18.7 Å². The van der Waals surface area contributed by atoms with E-state index in [-0.39, 0.29) is 12.7 Å². The molecule has 4 aromatic rings. The van der Waals surface area contributed by atoms with E-state index in [1.165, 1.54) is 22.2 Å². The summed E-state index contributed by atoms with van der Waals surface area (Å²) in [5.74, 6) is 3.14. The molecule has 0 atom stereocenters. The zero-order valence-electron chi connectivity index (χ0n) is 19.1. The molecule has 0 saturated carbocycles. The largest absolute Gasteiger partial charge is 0.457 e. The summed E-state index contributed by atoms with van der Waals surface area (Å²) in [6.07, 6.45) is 0.929. The molecule has 2 heterocycles. The summed E-state index contributed by atoms with van der Waals surface area (Å²) >= 11 is 5.90. The lowest BCUT2D eigenvalue weighted by atomic mass is 10.1. The van der Waals surface area contributed by atoms with Crippen molar-refractivity contribution in [2.45, 2.75) is 26.8 Å². The molecule has 7 heteroatoms. The molecule has 1 amide bonds. The van der Waals surface area contributed by atoms with Gasteiger partial charge in [0.25, 0.3) is 5.91 Å². The van der Waals surface area contributed by atoms with Gasteiger partial charge in [0.15, 0.2) is 11.5 Å². The summed E-state index contributed by atoms with van der Waals surface area (Å²) < 4.78 is 19.1. The van der Waals surface area contributed by atoms with Gasteiger partial charge in [-0.3, -0.25) is 4.79 Å². The van der Waals surface area contributed by atoms with E-state index in [0.29, 0.717) is 34.4 Å². The molecule has 3 aromatic carbocycles. The van der Waals surface area contributed by atoms with Crippen molar-refractivity contribution >= 4 is 34.1 Å². The van der Waals surface area contributed by atoms with Crippen LogP contribution in [0.1, 0.15) is 28.0 Å². The maximum Gasteiger partial charge on any atom is 0.255 e. The quantitative estimate of drug-likeness (QED) is 0.303. The van der Waals surface area contributed by atoms with Gasteiger partial charge in [0.2, 0.25) is 6.79 Å². The Bertz CT molecular complexity index is 1360. The van der Waals surface area contributed by atoms with Crippen molar-refractivity contribution in [3.05, 3.63) is 77.5 Å². The van der Waals surface area contributed by atoms with Gasteiger partial charge in [0.05, 0.1) is 0 Å². The number of halogens is 1. The molecular weight excluding hydrogens is 452 g/mol. The first kappa shape index (κ1) is 22.2. The number of carbonyl (C=O) groups excluding carboxylic acids is 1. The van der Waals surface area contributed by atoms with Gasteiger partial charge in [-0.25, -0.2) is 0 Å². The summed E-state index contributed by atoms with van der Waals surface area (Å²) in [4.78, 5) is 12.6. The number of nitrogens with one attached hydrogen (secondary N) is 1. The van der Waals surface area contributed by atoms with Crippen LogP contribution in [-0.2, 0) is 6.54 Å². The Morgan fingerprint density at radius 3 is 2.56 bits per heavy atom. The van der Waals surface area contributed by atoms with Crippen LogP contribution in [0.2, 0.25) is 0 Å². The highest BCUT2D eigenvalue weighted by atomic mass is 35.5. The van der Waals surface area contributed by atoms with Crippen molar-refractivity contribution in [1.82, 2.24) is 4.57 Å². The van der Waals surface area contributed by atoms with Gasteiger partial charge in [0, 0.05) is 46.3 Å². The van der Waals surface area contributed by atoms with E-state index in [1.807, 2.05) is 6.07 Å². The number of ether oxygens (including phenoxy) is 3. The van der Waals surface area contributed by atoms with E-state index >= 15 is 0 Å². The molecule has 1 aromatic heterocycles. The van der Waals surface area contributed by atoms with Gasteiger partial charge in [0.1, 0.15) is 11.5 Å². The molecule has 6 nitrogen and oxygen atoms in total. The first-order chi connectivity index (χ1) is 16.5. The van der Waals surface area contributed by atoms with Gasteiger partial charge < -0.3 is 24.1 Å². The Labute approximate surface area is 203 Å². The molecule has 0 spiro atoms. The second-order valence-electron chi connectivity index (χ2n) is 8.23. The summed E-state index contributed by atoms with van der Waals surface area (Å²) in [7, 11) is 0. The molecule has 1 N–H and O–H groups in total. The number of alkyl halides is 1. The average molecular weight is 477 g/mol. The Morgan fingerprint density at radius 2 is 1.76 bits per heavy atom. The Hall–Kier alpha value is -3.64. The normalized spacial score (nSPS) is 12.2. The highest BCUT2D eigenvalue weighted by Crippen LogP contribution is 2.34. The highest BCUT2D eigenvalue weighted by Gasteiger charge is 2.15. The molecule has 0 aliphatic carbocycles. The van der Waals surface area contributed by atoms with E-state index in [4.69, 9.17) is 25.8 Å². The summed E-state index contributed by atoms with van der Waals surface area (Å²) in [5, 5.41) is 4.05. The Morgan fingerprint density at radius 1 is 1.00 bits per heavy atom. The summed E-state index contributed by atoms with van der Waals surface area (Å²) in [5.41, 5.74) is 4.85. The fourth-order valence-corrected chi connectivity index (χ4v) is 4.31. The topological polar surface area (TPSA) is 61.7 Å². The fourth-order valence-electron chi connectivity index (χ4n) is 4.19. The molecule has 1 aliphatic heterocycles. The van der Waals surface area contributed by atoms with Crippen LogP contribution >= 0.6 is 11.6 Å². The Balaban J connectivity index is 1.29. The zero-order chi connectivity index (χ0) is 23.7. The minimum Gasteiger partial charge on any atom is -0.457 e. The third-order valence-electron chi connectivity index (χ3n) is 6.11. The summed E-state index contributed by atoms with van der Waals surface area (Å²) in [6, 6.07) is 18.5. The number of rotatable bonds is 7. The highest BCUT2D eigenvalue weighted by molar-refractivity contribution is 6.17. The van der Waals surface area contributed by atoms with E-state index < -0.39 is 0 Å². The van der Waals surface area contributed by atoms with Crippen LogP contribution in [0, 0.1) is 13.8 Å². The zero-order valence-corrected chi connectivity index (χ0v) is 19.8. The molecule has 0 saturated heterocycles. The van der Waals surface area contributed by atoms with E-state index in [1.54, 1.807) is 42.5 Å². The molecule has 0 bridgehead atoms. The number of nitrogens with zero attached hydrogens (tertiary/aromatic N) is 1. The third kappa shape index (κ3) is 4.29. The first-order valence-corrected chi connectivity index (χ1v) is 11.7. The predicted molar refractivity (Wildman–Crippen MR) is 134 cm³/mol. The molecule has 0 unspecified atom stereocenters. The average Bonchev–Trinajstić information content (AvgIpc) is 3.41. The smallest absolute Gasteiger partial charge is 0.255 e. The molecule has 1 aliphatic rings. The number of aromatic nitrogens is 1. The van der Waals surface area contributed by atoms with Gasteiger partial charge in [-0.15, -0.1) is 11.6 Å². The number of amides is 1. The summed E-state index contributed by atoms with van der Waals surface area (Å²) in [6.45, 7) is 5.36. The fraction of sp³-hybridized carbons (Fsp3) is 0.222. The van der Waals surface area contributed by atoms with Gasteiger partial charge in [-0.2, -0.15) is 0 Å². The lowest BCUT2D eigenvalue weighted by molar-refractivity contribution is 0.102. The second-order valence-corrected chi connectivity index (χ2v) is 8.61. The monoisotopic (exact) mass is 476 g/mol. The minimum atomic E-state index is -0.212. The maximum atomic E-state index is 12.6. The molecule has 174 valence electrons. The Kier molecular flexibility index (Phi) is 6.07. The van der Waals surface area contributed by atoms with Crippen molar-refractivity contribution < 1.29 is 19.0 Å². The van der Waals surface area contributed by atoms with Crippen molar-refractivity contribution in [3.63, 3.8) is 0 Å². The van der Waals surface area contributed by atoms with Crippen molar-refractivity contribution in [3.8, 4) is 23.0 Å². The SMILES string of the molecule is Cc1c(C)n(CCCCl)c2ccc(Oc3ccc(C(=O)Nc4ccc5c(c4)OCO5)cc3)cc12. The molecule has 34 heavy (non-hydrogen) atoms. The van der Waals surface area contributed by atoms with Crippen LogP contribution in [0.3, 0.4) is 0 Å². The number of aryl methyl sites for hydroxylation is 2. The van der Waals surface area contributed by atoms with Gasteiger partial charge in [-0.05, 0) is 80.4 Å². The number of anilines is 1. The van der Waals surface area contributed by atoms with Crippen LogP contribution in [0.5, 0.6) is 23.0 Å². The standard InChI is InChI=1S/C27H25ClN2O4/c1-17-18(2)30(13-3-12-28)24-10-9-22(15-23(17)24)34-21-7-4-19(5-8-21)27(31)29-20-6-11-25-26(14-20)33-16-32-25/h4-11,14-15H,3,12-13,16H2,1-2H3,(H,29,31). The van der Waals surface area contributed by atoms with Crippen LogP contribution in [0.4, 0.5) is 5.69 Å². The minimum absolute atomic E-state index is 0.195. The molecular formula is C27H25ClN2O4. The number of fused-ring (bicyclic) bond motifs is 2. The van der Waals surface area contributed by atoms with E-state index in [2.05, 4.69) is 35.9 Å². The number of hydrogen-bond acceptors (Lipinski definition) is 4. The number of benzene rings is 3. The maximum absolute atomic E-state index is 12.6. The molecule has 5 rings (SSSR count). The van der Waals surface area contributed by atoms with Crippen LogP contribution < -0.4 is 19.5 Å². The molecule has 0 fully saturated rings. The van der Waals surface area contributed by atoms with Gasteiger partial charge in [-0.1, -0.05) is 0 Å². The molecule has 0 radical (unpaired) electrons. The van der Waals surface area contributed by atoms with Crippen molar-refractivity contribution in [2.24, 2.45) is 0 Å². The predicted octanol–water partition coefficient (Wildman–Crippen LogP) is 6.66. The number of hydrogen-bond donors (Lipinski definition) is 1. The van der Waals surface area contributed by atoms with Crippen LogP contribution in [0.25, 0.3) is 10.9 Å². The third-order valence-corrected chi connectivity index (χ3v) is 6.38. The van der Waals surface area contributed by atoms with Crippen LogP contribution in [-0.4, -0.2) is 23.1 Å². The second kappa shape index (κ2) is 9.31. The lowest BCUT2D eigenvalue weighted by Crippen LogP contribution is -2.11.